The van der Waals surface area contributed by atoms with E-state index in [-0.39, 0.29) is 18.5 Å². The Morgan fingerprint density at radius 1 is 0.613 bits per heavy atom. The summed E-state index contributed by atoms with van der Waals surface area (Å²) in [6.45, 7) is 2.21. The molecule has 31 heavy (non-hydrogen) atoms. The molecule has 4 nitrogen and oxygen atoms in total. The van der Waals surface area contributed by atoms with Gasteiger partial charge in [0.05, 0.1) is 38.6 Å². The fourth-order valence-corrected chi connectivity index (χ4v) is 3.71. The van der Waals surface area contributed by atoms with Gasteiger partial charge in [-0.1, -0.05) is 91.0 Å². The van der Waals surface area contributed by atoms with Crippen LogP contribution in [0.5, 0.6) is 0 Å². The largest absolute Gasteiger partial charge is 0.374 e. The highest BCUT2D eigenvalue weighted by Gasteiger charge is 2.31. The van der Waals surface area contributed by atoms with Gasteiger partial charge in [-0.25, -0.2) is 0 Å². The quantitative estimate of drug-likeness (QED) is 0.435. The average molecular weight is 419 g/mol. The van der Waals surface area contributed by atoms with E-state index in [4.69, 9.17) is 18.9 Å². The van der Waals surface area contributed by atoms with Crippen molar-refractivity contribution in [3.05, 3.63) is 108 Å². The average Bonchev–Trinajstić information content (AvgIpc) is 2.83. The Kier molecular flexibility index (Phi) is 8.25. The molecule has 1 aliphatic heterocycles. The molecule has 1 unspecified atom stereocenters. The lowest BCUT2D eigenvalue weighted by atomic mass is 10.0. The van der Waals surface area contributed by atoms with Crippen molar-refractivity contribution >= 4 is 0 Å². The molecule has 0 spiro atoms. The van der Waals surface area contributed by atoms with Crippen LogP contribution in [0, 0.1) is 0 Å². The highest BCUT2D eigenvalue weighted by Crippen LogP contribution is 2.25. The molecule has 0 aromatic heterocycles. The zero-order chi connectivity index (χ0) is 21.1. The fourth-order valence-electron chi connectivity index (χ4n) is 3.71. The predicted molar refractivity (Wildman–Crippen MR) is 120 cm³/mol. The van der Waals surface area contributed by atoms with Gasteiger partial charge in [-0.05, 0) is 16.7 Å². The summed E-state index contributed by atoms with van der Waals surface area (Å²) in [6, 6.07) is 30.6. The number of rotatable bonds is 10. The van der Waals surface area contributed by atoms with Gasteiger partial charge >= 0.3 is 0 Å². The highest BCUT2D eigenvalue weighted by molar-refractivity contribution is 5.15. The van der Waals surface area contributed by atoms with Crippen molar-refractivity contribution in [1.29, 1.82) is 0 Å². The fraction of sp³-hybridized carbons (Fsp3) is 0.333. The first kappa shape index (κ1) is 21.7. The van der Waals surface area contributed by atoms with Crippen LogP contribution in [0.2, 0.25) is 0 Å². The van der Waals surface area contributed by atoms with Crippen LogP contribution in [-0.2, 0) is 38.8 Å². The van der Waals surface area contributed by atoms with Crippen LogP contribution in [-0.4, -0.2) is 25.1 Å². The summed E-state index contributed by atoms with van der Waals surface area (Å²) in [4.78, 5) is 0. The molecule has 1 aliphatic rings. The van der Waals surface area contributed by atoms with Crippen LogP contribution < -0.4 is 0 Å². The molecule has 3 aromatic rings. The van der Waals surface area contributed by atoms with Crippen LogP contribution in [0.25, 0.3) is 0 Å². The number of benzene rings is 3. The maximum Gasteiger partial charge on any atom is 0.160 e. The third-order valence-corrected chi connectivity index (χ3v) is 5.35. The van der Waals surface area contributed by atoms with Crippen LogP contribution in [0.3, 0.4) is 0 Å². The lowest BCUT2D eigenvalue weighted by molar-refractivity contribution is -0.236. The van der Waals surface area contributed by atoms with Gasteiger partial charge in [0.25, 0.3) is 0 Å². The van der Waals surface area contributed by atoms with E-state index in [0.29, 0.717) is 26.4 Å². The molecule has 3 atom stereocenters. The SMILES string of the molecule is c1ccc(COC[C@@H]2C[C@H](OCc3ccccc3)CC(OCc3ccccc3)O2)cc1. The van der Waals surface area contributed by atoms with E-state index in [9.17, 15) is 0 Å². The number of hydrogen-bond acceptors (Lipinski definition) is 4. The lowest BCUT2D eigenvalue weighted by Crippen LogP contribution is -2.40. The summed E-state index contributed by atoms with van der Waals surface area (Å²) in [7, 11) is 0. The van der Waals surface area contributed by atoms with E-state index < -0.39 is 0 Å². The van der Waals surface area contributed by atoms with Gasteiger partial charge < -0.3 is 18.9 Å². The summed E-state index contributed by atoms with van der Waals surface area (Å²) >= 11 is 0. The van der Waals surface area contributed by atoms with E-state index in [2.05, 4.69) is 36.4 Å². The molecule has 4 heteroatoms. The molecular formula is C27H30O4. The normalized spacial score (nSPS) is 21.1. The van der Waals surface area contributed by atoms with Crippen molar-refractivity contribution < 1.29 is 18.9 Å². The van der Waals surface area contributed by atoms with E-state index in [0.717, 1.165) is 24.0 Å². The smallest absolute Gasteiger partial charge is 0.160 e. The third kappa shape index (κ3) is 7.30. The first-order chi connectivity index (χ1) is 15.3. The maximum absolute atomic E-state index is 6.23. The van der Waals surface area contributed by atoms with Crippen molar-refractivity contribution in [2.24, 2.45) is 0 Å². The Labute approximate surface area is 184 Å². The summed E-state index contributed by atoms with van der Waals surface area (Å²) in [6.07, 6.45) is 1.22. The molecule has 3 aromatic carbocycles. The molecule has 0 bridgehead atoms. The van der Waals surface area contributed by atoms with Crippen LogP contribution in [0.4, 0.5) is 0 Å². The molecular weight excluding hydrogens is 388 g/mol. The molecule has 1 fully saturated rings. The Morgan fingerprint density at radius 2 is 1.13 bits per heavy atom. The van der Waals surface area contributed by atoms with Gasteiger partial charge in [-0.3, -0.25) is 0 Å². The Hall–Kier alpha value is -2.50. The van der Waals surface area contributed by atoms with Crippen molar-refractivity contribution in [3.63, 3.8) is 0 Å². The van der Waals surface area contributed by atoms with Crippen LogP contribution >= 0.6 is 0 Å². The summed E-state index contributed by atoms with van der Waals surface area (Å²) in [5.74, 6) is 0. The second-order valence-electron chi connectivity index (χ2n) is 7.87. The van der Waals surface area contributed by atoms with Crippen molar-refractivity contribution in [3.8, 4) is 0 Å². The topological polar surface area (TPSA) is 36.9 Å². The molecule has 0 N–H and O–H groups in total. The minimum Gasteiger partial charge on any atom is -0.374 e. The minimum atomic E-state index is -0.306. The molecule has 0 saturated carbocycles. The third-order valence-electron chi connectivity index (χ3n) is 5.35. The van der Waals surface area contributed by atoms with E-state index in [1.54, 1.807) is 0 Å². The summed E-state index contributed by atoms with van der Waals surface area (Å²) < 4.78 is 24.5. The van der Waals surface area contributed by atoms with Gasteiger partial charge in [-0.2, -0.15) is 0 Å². The molecule has 1 saturated heterocycles. The van der Waals surface area contributed by atoms with Crippen molar-refractivity contribution in [2.45, 2.75) is 51.2 Å². The first-order valence-corrected chi connectivity index (χ1v) is 10.9. The van der Waals surface area contributed by atoms with Gasteiger partial charge in [0.2, 0.25) is 0 Å². The van der Waals surface area contributed by atoms with Gasteiger partial charge in [0, 0.05) is 12.8 Å². The molecule has 1 heterocycles. The summed E-state index contributed by atoms with van der Waals surface area (Å²) in [5, 5.41) is 0. The summed E-state index contributed by atoms with van der Waals surface area (Å²) in [5.41, 5.74) is 3.47. The van der Waals surface area contributed by atoms with Gasteiger partial charge in [0.1, 0.15) is 0 Å². The standard InChI is InChI=1S/C27H30O4/c1-4-10-22(11-5-1)18-28-21-26-16-25(29-19-23-12-6-2-7-13-23)17-27(31-26)30-20-24-14-8-3-9-15-24/h1-15,25-27H,16-21H2/t25-,26-,27?/m0/s1. The molecule has 4 rings (SSSR count). The molecule has 0 aliphatic carbocycles. The van der Waals surface area contributed by atoms with Crippen molar-refractivity contribution in [1.82, 2.24) is 0 Å². The first-order valence-electron chi connectivity index (χ1n) is 10.9. The van der Waals surface area contributed by atoms with E-state index >= 15 is 0 Å². The lowest BCUT2D eigenvalue weighted by Gasteiger charge is -2.35. The molecule has 162 valence electrons. The van der Waals surface area contributed by atoms with E-state index in [1.165, 1.54) is 5.56 Å². The Balaban J connectivity index is 1.31. The zero-order valence-corrected chi connectivity index (χ0v) is 17.8. The second kappa shape index (κ2) is 11.8. The minimum absolute atomic E-state index is 0.0565. The van der Waals surface area contributed by atoms with Crippen LogP contribution in [0.15, 0.2) is 91.0 Å². The predicted octanol–water partition coefficient (Wildman–Crippen LogP) is 5.51. The van der Waals surface area contributed by atoms with Gasteiger partial charge in [0.15, 0.2) is 6.29 Å². The van der Waals surface area contributed by atoms with Gasteiger partial charge in [-0.15, -0.1) is 0 Å². The second-order valence-corrected chi connectivity index (χ2v) is 7.87. The number of ether oxygens (including phenoxy) is 4. The zero-order valence-electron chi connectivity index (χ0n) is 17.8. The molecule has 0 radical (unpaired) electrons. The number of hydrogen-bond donors (Lipinski definition) is 0. The monoisotopic (exact) mass is 418 g/mol. The van der Waals surface area contributed by atoms with E-state index in [1.807, 2.05) is 54.6 Å². The Morgan fingerprint density at radius 3 is 1.71 bits per heavy atom. The highest BCUT2D eigenvalue weighted by atomic mass is 16.7. The van der Waals surface area contributed by atoms with Crippen LogP contribution in [0.1, 0.15) is 29.5 Å². The maximum atomic E-state index is 6.23. The van der Waals surface area contributed by atoms with Crippen molar-refractivity contribution in [2.75, 3.05) is 6.61 Å². The molecule has 0 amide bonds. The Bertz CT molecular complexity index is 818.